The van der Waals surface area contributed by atoms with Gasteiger partial charge in [0.2, 0.25) is 5.91 Å². The summed E-state index contributed by atoms with van der Waals surface area (Å²) < 4.78 is 11.0. The van der Waals surface area contributed by atoms with E-state index in [1.165, 1.54) is 12.1 Å². The zero-order valence-corrected chi connectivity index (χ0v) is 11.1. The summed E-state index contributed by atoms with van der Waals surface area (Å²) in [7, 11) is -0.989. The van der Waals surface area contributed by atoms with Crippen LogP contribution in [0.15, 0.2) is 24.3 Å². The average molecular weight is 268 g/mol. The molecular weight excluding hydrogens is 252 g/mol. The van der Waals surface area contributed by atoms with Crippen LogP contribution < -0.4 is 11.1 Å². The highest BCUT2D eigenvalue weighted by molar-refractivity contribution is 7.84. The van der Waals surface area contributed by atoms with E-state index >= 15 is 0 Å². The molecule has 1 aromatic carbocycles. The summed E-state index contributed by atoms with van der Waals surface area (Å²) in [6, 6.07) is 6.10. The lowest BCUT2D eigenvalue weighted by atomic mass is 10.1. The molecule has 1 unspecified atom stereocenters. The second kappa shape index (κ2) is 6.30. The van der Waals surface area contributed by atoms with E-state index in [4.69, 9.17) is 5.73 Å². The van der Waals surface area contributed by atoms with Gasteiger partial charge in [-0.2, -0.15) is 0 Å². The number of rotatable bonds is 5. The molecule has 0 fully saturated rings. The van der Waals surface area contributed by atoms with Crippen LogP contribution in [0.4, 0.5) is 0 Å². The summed E-state index contributed by atoms with van der Waals surface area (Å²) >= 11 is 0. The fourth-order valence-electron chi connectivity index (χ4n) is 1.59. The van der Waals surface area contributed by atoms with Gasteiger partial charge in [-0.25, -0.2) is 0 Å². The molecule has 3 N–H and O–H groups in total. The highest BCUT2D eigenvalue weighted by Gasteiger charge is 2.16. The summed E-state index contributed by atoms with van der Waals surface area (Å²) in [5, 5.41) is 2.68. The van der Waals surface area contributed by atoms with Crippen molar-refractivity contribution in [3.05, 3.63) is 35.4 Å². The van der Waals surface area contributed by atoms with Crippen LogP contribution in [0.2, 0.25) is 0 Å². The second-order valence-electron chi connectivity index (χ2n) is 4.02. The van der Waals surface area contributed by atoms with Crippen LogP contribution in [0.5, 0.6) is 0 Å². The van der Waals surface area contributed by atoms with Crippen LogP contribution >= 0.6 is 0 Å². The first kappa shape index (κ1) is 14.4. The second-order valence-corrected chi connectivity index (χ2v) is 5.50. The van der Waals surface area contributed by atoms with Gasteiger partial charge in [0.15, 0.2) is 0 Å². The zero-order valence-electron chi connectivity index (χ0n) is 10.3. The topological polar surface area (TPSA) is 89.3 Å². The van der Waals surface area contributed by atoms with Crippen molar-refractivity contribution >= 4 is 22.6 Å². The molecule has 5 nitrogen and oxygen atoms in total. The van der Waals surface area contributed by atoms with Crippen LogP contribution in [-0.4, -0.2) is 34.1 Å². The summed E-state index contributed by atoms with van der Waals surface area (Å²) in [5.74, 6) is -0.667. The third kappa shape index (κ3) is 3.96. The number of nitrogens with two attached hydrogens (primary N) is 1. The molecule has 0 saturated carbocycles. The molecular formula is C12H16N2O3S. The van der Waals surface area contributed by atoms with Gasteiger partial charge in [-0.05, 0) is 19.1 Å². The maximum absolute atomic E-state index is 11.9. The predicted octanol–water partition coefficient (Wildman–Crippen LogP) is 0.282. The molecule has 0 aliphatic carbocycles. The molecule has 0 aliphatic heterocycles. The Labute approximate surface area is 108 Å². The summed E-state index contributed by atoms with van der Waals surface area (Å²) in [6.45, 7) is 1.76. The Morgan fingerprint density at radius 2 is 1.89 bits per heavy atom. The summed E-state index contributed by atoms with van der Waals surface area (Å²) in [5.41, 5.74) is 5.61. The maximum atomic E-state index is 11.9. The molecule has 6 heteroatoms. The van der Waals surface area contributed by atoms with Gasteiger partial charge in [0.25, 0.3) is 5.91 Å². The highest BCUT2D eigenvalue weighted by atomic mass is 32.2. The fourth-order valence-corrected chi connectivity index (χ4v) is 2.38. The van der Waals surface area contributed by atoms with Crippen molar-refractivity contribution in [1.29, 1.82) is 0 Å². The summed E-state index contributed by atoms with van der Waals surface area (Å²) in [6.07, 6.45) is 1.57. The first-order valence-electron chi connectivity index (χ1n) is 5.41. The molecule has 0 spiro atoms. The van der Waals surface area contributed by atoms with E-state index in [1.807, 2.05) is 0 Å². The lowest BCUT2D eigenvalue weighted by Gasteiger charge is -2.13. The molecule has 0 saturated heterocycles. The molecule has 0 aliphatic rings. The molecule has 0 aromatic heterocycles. The van der Waals surface area contributed by atoms with Crippen molar-refractivity contribution in [2.45, 2.75) is 13.0 Å². The third-order valence-corrected chi connectivity index (χ3v) is 3.27. The van der Waals surface area contributed by atoms with Crippen molar-refractivity contribution < 1.29 is 13.8 Å². The lowest BCUT2D eigenvalue weighted by Crippen LogP contribution is -2.37. The van der Waals surface area contributed by atoms with Crippen LogP contribution in [0.25, 0.3) is 0 Å². The first-order valence-corrected chi connectivity index (χ1v) is 7.14. The first-order chi connectivity index (χ1) is 8.41. The van der Waals surface area contributed by atoms with E-state index < -0.39 is 16.7 Å². The predicted molar refractivity (Wildman–Crippen MR) is 70.8 cm³/mol. The van der Waals surface area contributed by atoms with Gasteiger partial charge in [-0.3, -0.25) is 13.8 Å². The molecule has 2 amide bonds. The molecule has 0 bridgehead atoms. The van der Waals surface area contributed by atoms with Gasteiger partial charge < -0.3 is 11.1 Å². The van der Waals surface area contributed by atoms with Crippen LogP contribution in [0, 0.1) is 0 Å². The Bertz CT molecular complexity index is 488. The molecule has 0 radical (unpaired) electrons. The van der Waals surface area contributed by atoms with Gasteiger partial charge >= 0.3 is 0 Å². The number of amides is 2. The number of carbonyl (C=O) groups is 2. The van der Waals surface area contributed by atoms with Crippen molar-refractivity contribution in [2.75, 3.05) is 12.0 Å². The van der Waals surface area contributed by atoms with Crippen molar-refractivity contribution in [3.63, 3.8) is 0 Å². The number of hydrogen-bond acceptors (Lipinski definition) is 3. The van der Waals surface area contributed by atoms with E-state index in [1.54, 1.807) is 25.3 Å². The zero-order chi connectivity index (χ0) is 13.7. The Kier molecular flexibility index (Phi) is 5.03. The normalized spacial score (nSPS) is 13.7. The Morgan fingerprint density at radius 1 is 1.33 bits per heavy atom. The minimum absolute atomic E-state index is 0.180. The van der Waals surface area contributed by atoms with Crippen molar-refractivity contribution in [1.82, 2.24) is 5.32 Å². The number of hydrogen-bond donors (Lipinski definition) is 2. The largest absolute Gasteiger partial charge is 0.366 e. The van der Waals surface area contributed by atoms with E-state index in [-0.39, 0.29) is 23.1 Å². The third-order valence-electron chi connectivity index (χ3n) is 2.30. The lowest BCUT2D eigenvalue weighted by molar-refractivity contribution is 0.0928. The molecule has 2 atom stereocenters. The molecule has 18 heavy (non-hydrogen) atoms. The quantitative estimate of drug-likeness (QED) is 0.804. The van der Waals surface area contributed by atoms with Gasteiger partial charge in [0, 0.05) is 28.9 Å². The van der Waals surface area contributed by atoms with Crippen LogP contribution in [0.3, 0.4) is 0 Å². The Balaban J connectivity index is 2.84. The minimum Gasteiger partial charge on any atom is -0.366 e. The average Bonchev–Trinajstić information content (AvgIpc) is 2.27. The Morgan fingerprint density at radius 3 is 2.39 bits per heavy atom. The molecule has 1 rings (SSSR count). The van der Waals surface area contributed by atoms with Crippen molar-refractivity contribution in [2.24, 2.45) is 5.73 Å². The van der Waals surface area contributed by atoms with E-state index in [9.17, 15) is 13.8 Å². The van der Waals surface area contributed by atoms with Gasteiger partial charge in [-0.15, -0.1) is 0 Å². The molecule has 0 heterocycles. The number of benzene rings is 1. The fraction of sp³-hybridized carbons (Fsp3) is 0.333. The minimum atomic E-state index is -0.989. The van der Waals surface area contributed by atoms with E-state index in [0.717, 1.165) is 0 Å². The standard InChI is InChI=1S/C12H16N2O3S/c1-8(7-18(2)17)14-12(16)10-6-4-3-5-9(10)11(13)15/h3-6,8H,7H2,1-2H3,(H2,13,15)(H,14,16)/t8-,18?/m0/s1. The number of carbonyl (C=O) groups excluding carboxylic acids is 2. The van der Waals surface area contributed by atoms with E-state index in [2.05, 4.69) is 5.32 Å². The highest BCUT2D eigenvalue weighted by Crippen LogP contribution is 2.08. The van der Waals surface area contributed by atoms with Crippen molar-refractivity contribution in [3.8, 4) is 0 Å². The van der Waals surface area contributed by atoms with Gasteiger partial charge in [0.05, 0.1) is 11.1 Å². The van der Waals surface area contributed by atoms with Gasteiger partial charge in [0.1, 0.15) is 0 Å². The molecule has 1 aromatic rings. The number of nitrogens with one attached hydrogen (secondary N) is 1. The smallest absolute Gasteiger partial charge is 0.252 e. The monoisotopic (exact) mass is 268 g/mol. The van der Waals surface area contributed by atoms with Crippen LogP contribution in [0.1, 0.15) is 27.6 Å². The van der Waals surface area contributed by atoms with Crippen LogP contribution in [-0.2, 0) is 10.8 Å². The molecule has 98 valence electrons. The SMILES string of the molecule is C[C@@H](CS(C)=O)NC(=O)c1ccccc1C(N)=O. The van der Waals surface area contributed by atoms with E-state index in [0.29, 0.717) is 5.75 Å². The van der Waals surface area contributed by atoms with Gasteiger partial charge in [-0.1, -0.05) is 12.1 Å². The number of primary amides is 1. The summed E-state index contributed by atoms with van der Waals surface area (Å²) in [4.78, 5) is 23.1. The Hall–Kier alpha value is -1.69. The maximum Gasteiger partial charge on any atom is 0.252 e.